The molecule has 0 radical (unpaired) electrons. The summed E-state index contributed by atoms with van der Waals surface area (Å²) in [5, 5.41) is 15.8. The molecule has 248 valence electrons. The molecule has 11 rings (SSSR count). The molecule has 4 aromatic rings. The Hall–Kier alpha value is -4.16. The van der Waals surface area contributed by atoms with Crippen molar-refractivity contribution in [3.8, 4) is 28.9 Å². The van der Waals surface area contributed by atoms with Gasteiger partial charge < -0.3 is 24.8 Å². The van der Waals surface area contributed by atoms with Crippen LogP contribution in [-0.4, -0.2) is 87.1 Å². The fraction of sp³-hybridized carbons (Fsp3) is 0.472. The maximum atomic E-state index is 17.2. The fourth-order valence-corrected chi connectivity index (χ4v) is 9.79. The summed E-state index contributed by atoms with van der Waals surface area (Å²) < 4.78 is 60.1. The second-order valence-corrected chi connectivity index (χ2v) is 14.5. The average Bonchev–Trinajstić information content (AvgIpc) is 3.31. The number of pyridine rings is 1. The number of phenols is 1. The second kappa shape index (κ2) is 9.72. The lowest BCUT2D eigenvalue weighted by Gasteiger charge is -2.42. The van der Waals surface area contributed by atoms with Crippen LogP contribution in [0.5, 0.6) is 17.6 Å². The van der Waals surface area contributed by atoms with Gasteiger partial charge in [-0.1, -0.05) is 19.6 Å². The van der Waals surface area contributed by atoms with Crippen LogP contribution in [0, 0.1) is 17.6 Å². The number of aromatic nitrogens is 3. The van der Waals surface area contributed by atoms with Gasteiger partial charge in [-0.3, -0.25) is 4.90 Å². The van der Waals surface area contributed by atoms with Gasteiger partial charge >= 0.3 is 6.01 Å². The number of benzene rings is 2. The molecule has 9 nitrogen and oxygen atoms in total. The Morgan fingerprint density at radius 1 is 1.19 bits per heavy atom. The maximum Gasteiger partial charge on any atom is 0.319 e. The van der Waals surface area contributed by atoms with Crippen molar-refractivity contribution < 1.29 is 27.8 Å². The van der Waals surface area contributed by atoms with E-state index in [0.717, 1.165) is 25.8 Å². The molecule has 0 amide bonds. The average molecular weight is 657 g/mol. The molecule has 1 spiro atoms. The summed E-state index contributed by atoms with van der Waals surface area (Å²) in [6.45, 7) is 8.36. The molecular weight excluding hydrogens is 621 g/mol. The highest BCUT2D eigenvalue weighted by Gasteiger charge is 2.76. The lowest BCUT2D eigenvalue weighted by atomic mass is 9.91. The van der Waals surface area contributed by atoms with Gasteiger partial charge in [-0.25, -0.2) is 18.2 Å². The van der Waals surface area contributed by atoms with E-state index >= 15 is 8.78 Å². The Morgan fingerprint density at radius 3 is 2.88 bits per heavy atom. The molecule has 2 aromatic carbocycles. The lowest BCUT2D eigenvalue weighted by Crippen LogP contribution is -2.60. The van der Waals surface area contributed by atoms with Crippen LogP contribution in [0.2, 0.25) is 0 Å². The Labute approximate surface area is 274 Å². The van der Waals surface area contributed by atoms with E-state index in [9.17, 15) is 9.50 Å². The first-order valence-electron chi connectivity index (χ1n) is 16.9. The van der Waals surface area contributed by atoms with Gasteiger partial charge in [0.05, 0.1) is 11.1 Å². The van der Waals surface area contributed by atoms with Crippen molar-refractivity contribution in [2.24, 2.45) is 5.92 Å². The van der Waals surface area contributed by atoms with Crippen molar-refractivity contribution in [3.05, 3.63) is 48.0 Å². The van der Waals surface area contributed by atoms with Gasteiger partial charge in [0.25, 0.3) is 0 Å². The van der Waals surface area contributed by atoms with Crippen LogP contribution in [0.25, 0.3) is 38.5 Å². The molecule has 6 fully saturated rings. The zero-order valence-corrected chi connectivity index (χ0v) is 26.5. The minimum absolute atomic E-state index is 0.0105. The number of allylic oxidation sites excluding steroid dienone is 1. The number of fused-ring (bicyclic) bond motifs is 2. The zero-order chi connectivity index (χ0) is 32.7. The minimum Gasteiger partial charge on any atom is -0.508 e. The highest BCUT2D eigenvalue weighted by molar-refractivity contribution is 6.06. The molecular formula is C36H35F3N6O3. The largest absolute Gasteiger partial charge is 0.508 e. The number of rotatable bonds is 6. The lowest BCUT2D eigenvalue weighted by molar-refractivity contribution is 0.107. The molecule has 2 N–H and O–H groups in total. The molecule has 1 aliphatic carbocycles. The fourth-order valence-electron chi connectivity index (χ4n) is 9.79. The molecule has 2 unspecified atom stereocenters. The molecule has 5 saturated heterocycles. The summed E-state index contributed by atoms with van der Waals surface area (Å²) in [5.41, 5.74) is 0.0199. The van der Waals surface area contributed by atoms with Crippen LogP contribution >= 0.6 is 0 Å². The van der Waals surface area contributed by atoms with Crippen molar-refractivity contribution >= 4 is 33.1 Å². The molecule has 48 heavy (non-hydrogen) atoms. The number of nitrogens with zero attached hydrogens (tertiary/aromatic N) is 5. The molecule has 12 heteroatoms. The van der Waals surface area contributed by atoms with Gasteiger partial charge in [0, 0.05) is 54.0 Å². The predicted octanol–water partition coefficient (Wildman–Crippen LogP) is 5.52. The van der Waals surface area contributed by atoms with Crippen LogP contribution in [0.15, 0.2) is 30.8 Å². The molecule has 1 saturated carbocycles. The third-order valence-electron chi connectivity index (χ3n) is 12.1. The van der Waals surface area contributed by atoms with Crippen LogP contribution in [0.1, 0.15) is 44.6 Å². The zero-order valence-electron chi connectivity index (χ0n) is 26.5. The quantitative estimate of drug-likeness (QED) is 0.278. The van der Waals surface area contributed by atoms with Gasteiger partial charge in [-0.05, 0) is 61.4 Å². The van der Waals surface area contributed by atoms with E-state index in [0.29, 0.717) is 66.0 Å². The van der Waals surface area contributed by atoms with E-state index in [1.165, 1.54) is 18.2 Å². The van der Waals surface area contributed by atoms with E-state index < -0.39 is 23.3 Å². The summed E-state index contributed by atoms with van der Waals surface area (Å²) in [5.74, 6) is -0.332. The molecule has 4 bridgehead atoms. The first kappa shape index (κ1) is 28.8. The summed E-state index contributed by atoms with van der Waals surface area (Å²) in [6, 6.07) is 6.30. The number of alkyl halides is 1. The SMILES string of the molecule is C=C(CC)c1c(F)ccc2cc(O)cc(-c3nc4c5c(nc(OC[C@]67CCCN6C[C@H](F)C7)nc5c3F)N3CC5C[C@H]6C(N5)[C@@]63CO4)c12. The van der Waals surface area contributed by atoms with Crippen molar-refractivity contribution in [2.45, 2.75) is 68.4 Å². The Morgan fingerprint density at radius 2 is 2.06 bits per heavy atom. The Bertz CT molecular complexity index is 2080. The first-order valence-corrected chi connectivity index (χ1v) is 16.9. The highest BCUT2D eigenvalue weighted by atomic mass is 19.1. The monoisotopic (exact) mass is 656 g/mol. The summed E-state index contributed by atoms with van der Waals surface area (Å²) >= 11 is 0. The predicted molar refractivity (Wildman–Crippen MR) is 174 cm³/mol. The number of nitrogens with one attached hydrogen (secondary N) is 1. The number of hydrogen-bond donors (Lipinski definition) is 2. The van der Waals surface area contributed by atoms with E-state index in [1.54, 1.807) is 6.07 Å². The van der Waals surface area contributed by atoms with Gasteiger partial charge in [0.1, 0.15) is 53.4 Å². The van der Waals surface area contributed by atoms with Crippen LogP contribution in [-0.2, 0) is 0 Å². The van der Waals surface area contributed by atoms with E-state index in [1.807, 2.05) is 6.92 Å². The molecule has 8 heterocycles. The second-order valence-electron chi connectivity index (χ2n) is 14.5. The number of ether oxygens (including phenoxy) is 2. The number of anilines is 1. The summed E-state index contributed by atoms with van der Waals surface area (Å²) in [7, 11) is 0. The third-order valence-corrected chi connectivity index (χ3v) is 12.1. The minimum atomic E-state index is -0.920. The number of halogens is 3. The number of piperidine rings is 2. The number of phenolic OH excluding ortho intramolecular Hbond substituents is 1. The molecule has 2 aromatic heterocycles. The number of hydrogen-bond acceptors (Lipinski definition) is 9. The normalized spacial score (nSPS) is 31.1. The van der Waals surface area contributed by atoms with Crippen molar-refractivity contribution in [1.82, 2.24) is 25.2 Å². The third kappa shape index (κ3) is 3.73. The van der Waals surface area contributed by atoms with Crippen molar-refractivity contribution in [2.75, 3.05) is 37.7 Å². The number of aromatic hydroxyl groups is 1. The van der Waals surface area contributed by atoms with Crippen molar-refractivity contribution in [1.29, 1.82) is 0 Å². The first-order chi connectivity index (χ1) is 23.2. The molecule has 6 aliphatic heterocycles. The maximum absolute atomic E-state index is 17.2. The Balaban J connectivity index is 1.19. The summed E-state index contributed by atoms with van der Waals surface area (Å²) in [4.78, 5) is 18.7. The Kier molecular flexibility index (Phi) is 5.84. The van der Waals surface area contributed by atoms with Gasteiger partial charge in [-0.2, -0.15) is 9.97 Å². The molecule has 7 aliphatic rings. The van der Waals surface area contributed by atoms with E-state index in [2.05, 4.69) is 26.7 Å². The van der Waals surface area contributed by atoms with E-state index in [-0.39, 0.29) is 64.2 Å². The highest BCUT2D eigenvalue weighted by Crippen LogP contribution is 2.62. The standard InChI is InChI=1S/C36H35F3N6O3/c1-3-17(2)25-24(38)6-5-18-9-21(46)11-22(26(18)25)29-28(39)30-27-32(43-34(42-30)48-15-35-7-4-8-44(35)13-19(37)12-35)45-14-20-10-23-31(40-20)36(23,45)16-47-33(27)41-29/h5-6,9,11,19-20,23,31,40,46H,2-4,7-8,10,12-16H2,1H3/t19-,20?,23+,31?,35-,36-/m1/s1. The van der Waals surface area contributed by atoms with Crippen LogP contribution in [0.4, 0.5) is 19.0 Å². The van der Waals surface area contributed by atoms with Crippen LogP contribution < -0.4 is 19.7 Å². The number of piperazine rings is 1. The summed E-state index contributed by atoms with van der Waals surface area (Å²) in [6.07, 6.45) is 2.73. The smallest absolute Gasteiger partial charge is 0.319 e. The topological polar surface area (TPSA) is 95.9 Å². The van der Waals surface area contributed by atoms with Gasteiger partial charge in [0.2, 0.25) is 5.88 Å². The van der Waals surface area contributed by atoms with Gasteiger partial charge in [0.15, 0.2) is 5.82 Å². The van der Waals surface area contributed by atoms with Crippen molar-refractivity contribution in [3.63, 3.8) is 0 Å². The van der Waals surface area contributed by atoms with Crippen LogP contribution in [0.3, 0.4) is 0 Å². The van der Waals surface area contributed by atoms with E-state index in [4.69, 9.17) is 19.4 Å². The molecule has 6 atom stereocenters. The van der Waals surface area contributed by atoms with Gasteiger partial charge in [-0.15, -0.1) is 0 Å².